The van der Waals surface area contributed by atoms with Crippen LogP contribution in [0.15, 0.2) is 28.7 Å². The summed E-state index contributed by atoms with van der Waals surface area (Å²) in [6, 6.07) is 7.67. The predicted octanol–water partition coefficient (Wildman–Crippen LogP) is 2.74. The summed E-state index contributed by atoms with van der Waals surface area (Å²) in [5.74, 6) is 0.688. The molecule has 1 aliphatic heterocycles. The fourth-order valence-electron chi connectivity index (χ4n) is 2.58. The Morgan fingerprint density at radius 2 is 2.24 bits per heavy atom. The Morgan fingerprint density at radius 3 is 2.90 bits per heavy atom. The lowest BCUT2D eigenvalue weighted by atomic mass is 9.99. The third-order valence-electron chi connectivity index (χ3n) is 3.53. The Morgan fingerprint density at radius 1 is 1.48 bits per heavy atom. The highest BCUT2D eigenvalue weighted by atomic mass is 79.9. The van der Waals surface area contributed by atoms with Crippen molar-refractivity contribution in [2.45, 2.75) is 12.8 Å². The van der Waals surface area contributed by atoms with Gasteiger partial charge in [0.25, 0.3) is 0 Å². The van der Waals surface area contributed by atoms with Crippen molar-refractivity contribution in [1.82, 2.24) is 10.2 Å². The summed E-state index contributed by atoms with van der Waals surface area (Å²) >= 11 is 3.43. The maximum absolute atomic E-state index is 12.0. The first-order valence-corrected chi connectivity index (χ1v) is 7.88. The van der Waals surface area contributed by atoms with Gasteiger partial charge in [-0.05, 0) is 67.0 Å². The largest absolute Gasteiger partial charge is 0.324 e. The third kappa shape index (κ3) is 6.34. The molecule has 6 heteroatoms. The molecule has 0 spiro atoms. The monoisotopic (exact) mass is 375 g/mol. The van der Waals surface area contributed by atoms with Crippen LogP contribution < -0.4 is 10.6 Å². The molecule has 2 N–H and O–H groups in total. The normalized spacial score (nSPS) is 18.1. The smallest absolute Gasteiger partial charge is 0.238 e. The van der Waals surface area contributed by atoms with Gasteiger partial charge < -0.3 is 10.6 Å². The van der Waals surface area contributed by atoms with Gasteiger partial charge in [0.1, 0.15) is 0 Å². The van der Waals surface area contributed by atoms with E-state index in [2.05, 4.69) is 31.5 Å². The minimum Gasteiger partial charge on any atom is -0.324 e. The molecular weight excluding hydrogens is 354 g/mol. The number of rotatable bonds is 5. The second-order valence-corrected chi connectivity index (χ2v) is 6.29. The van der Waals surface area contributed by atoms with Crippen molar-refractivity contribution in [2.24, 2.45) is 5.92 Å². The van der Waals surface area contributed by atoms with Gasteiger partial charge in [-0.2, -0.15) is 0 Å². The van der Waals surface area contributed by atoms with Gasteiger partial charge in [-0.25, -0.2) is 0 Å². The Bertz CT molecular complexity index is 452. The van der Waals surface area contributed by atoms with Crippen LogP contribution in [0.4, 0.5) is 5.69 Å². The number of hydrogen-bond acceptors (Lipinski definition) is 3. The van der Waals surface area contributed by atoms with Gasteiger partial charge in [-0.1, -0.05) is 12.1 Å². The van der Waals surface area contributed by atoms with Crippen LogP contribution in [0.5, 0.6) is 0 Å². The van der Waals surface area contributed by atoms with Gasteiger partial charge in [0.15, 0.2) is 0 Å². The summed E-state index contributed by atoms with van der Waals surface area (Å²) in [6.07, 6.45) is 2.49. The van der Waals surface area contributed by atoms with Gasteiger partial charge in [-0.3, -0.25) is 9.69 Å². The van der Waals surface area contributed by atoms with E-state index in [1.807, 2.05) is 31.3 Å². The molecule has 1 aromatic carbocycles. The van der Waals surface area contributed by atoms with Crippen LogP contribution in [0.2, 0.25) is 0 Å². The molecule has 1 atom stereocenters. The molecular formula is C15H23BrClN3O. The van der Waals surface area contributed by atoms with E-state index < -0.39 is 0 Å². The SMILES string of the molecule is CN(CC(=O)Nc1ccccc1Br)CC1CCCNC1.Cl. The maximum atomic E-state index is 12.0. The van der Waals surface area contributed by atoms with Crippen molar-refractivity contribution in [1.29, 1.82) is 0 Å². The second-order valence-electron chi connectivity index (χ2n) is 5.44. The standard InChI is InChI=1S/C15H22BrN3O.ClH/c1-19(10-12-5-4-8-17-9-12)11-15(20)18-14-7-3-2-6-13(14)16;/h2-3,6-7,12,17H,4-5,8-11H2,1H3,(H,18,20);1H. The van der Waals surface area contributed by atoms with E-state index in [0.717, 1.165) is 29.8 Å². The molecule has 1 heterocycles. The molecule has 1 fully saturated rings. The van der Waals surface area contributed by atoms with E-state index >= 15 is 0 Å². The molecule has 1 amide bonds. The Balaban J connectivity index is 0.00000220. The topological polar surface area (TPSA) is 44.4 Å². The molecule has 0 aromatic heterocycles. The predicted molar refractivity (Wildman–Crippen MR) is 93.1 cm³/mol. The van der Waals surface area contributed by atoms with Gasteiger partial charge >= 0.3 is 0 Å². The summed E-state index contributed by atoms with van der Waals surface area (Å²) in [7, 11) is 2.01. The van der Waals surface area contributed by atoms with Crippen LogP contribution in [0, 0.1) is 5.92 Å². The van der Waals surface area contributed by atoms with Crippen molar-refractivity contribution in [3.8, 4) is 0 Å². The molecule has 1 aromatic rings. The summed E-state index contributed by atoms with van der Waals surface area (Å²) < 4.78 is 0.910. The molecule has 21 heavy (non-hydrogen) atoms. The number of carbonyl (C=O) groups is 1. The van der Waals surface area contributed by atoms with Gasteiger partial charge in [-0.15, -0.1) is 12.4 Å². The lowest BCUT2D eigenvalue weighted by Crippen LogP contribution is -2.39. The highest BCUT2D eigenvalue weighted by molar-refractivity contribution is 9.10. The lowest BCUT2D eigenvalue weighted by molar-refractivity contribution is -0.117. The number of para-hydroxylation sites is 1. The molecule has 0 radical (unpaired) electrons. The summed E-state index contributed by atoms with van der Waals surface area (Å²) in [4.78, 5) is 14.1. The number of nitrogens with one attached hydrogen (secondary N) is 2. The van der Waals surface area contributed by atoms with E-state index in [4.69, 9.17) is 0 Å². The fourth-order valence-corrected chi connectivity index (χ4v) is 2.97. The van der Waals surface area contributed by atoms with Crippen LogP contribution in [-0.4, -0.2) is 44.0 Å². The zero-order valence-corrected chi connectivity index (χ0v) is 14.7. The quantitative estimate of drug-likeness (QED) is 0.830. The molecule has 118 valence electrons. The van der Waals surface area contributed by atoms with Crippen molar-refractivity contribution < 1.29 is 4.79 Å². The molecule has 4 nitrogen and oxygen atoms in total. The van der Waals surface area contributed by atoms with Crippen molar-refractivity contribution in [3.63, 3.8) is 0 Å². The molecule has 2 rings (SSSR count). The number of hydrogen-bond donors (Lipinski definition) is 2. The Labute approximate surface area is 141 Å². The number of nitrogens with zero attached hydrogens (tertiary/aromatic N) is 1. The number of carbonyl (C=O) groups excluding carboxylic acids is 1. The van der Waals surface area contributed by atoms with E-state index in [-0.39, 0.29) is 18.3 Å². The number of halogens is 2. The summed E-state index contributed by atoms with van der Waals surface area (Å²) in [6.45, 7) is 3.59. The number of likely N-dealkylation sites (N-methyl/N-ethyl adjacent to an activating group) is 1. The van der Waals surface area contributed by atoms with E-state index in [1.165, 1.54) is 12.8 Å². The van der Waals surface area contributed by atoms with E-state index in [1.54, 1.807) is 0 Å². The first-order valence-electron chi connectivity index (χ1n) is 7.09. The van der Waals surface area contributed by atoms with Crippen LogP contribution >= 0.6 is 28.3 Å². The second kappa shape index (κ2) is 9.41. The van der Waals surface area contributed by atoms with Crippen LogP contribution in [-0.2, 0) is 4.79 Å². The average molecular weight is 377 g/mol. The maximum Gasteiger partial charge on any atom is 0.238 e. The van der Waals surface area contributed by atoms with Crippen molar-refractivity contribution in [3.05, 3.63) is 28.7 Å². The summed E-state index contributed by atoms with van der Waals surface area (Å²) in [5.41, 5.74) is 0.824. The zero-order valence-electron chi connectivity index (χ0n) is 12.3. The fraction of sp³-hybridized carbons (Fsp3) is 0.533. The minimum atomic E-state index is 0. The molecule has 1 unspecified atom stereocenters. The molecule has 0 bridgehead atoms. The molecule has 0 aliphatic carbocycles. The average Bonchev–Trinajstić information content (AvgIpc) is 2.42. The first kappa shape index (κ1) is 18.4. The van der Waals surface area contributed by atoms with Gasteiger partial charge in [0, 0.05) is 11.0 Å². The molecule has 1 aliphatic rings. The van der Waals surface area contributed by atoms with Crippen LogP contribution in [0.1, 0.15) is 12.8 Å². The van der Waals surface area contributed by atoms with Crippen molar-refractivity contribution >= 4 is 39.9 Å². The van der Waals surface area contributed by atoms with E-state index in [0.29, 0.717) is 12.5 Å². The van der Waals surface area contributed by atoms with Gasteiger partial charge in [0.2, 0.25) is 5.91 Å². The number of anilines is 1. The van der Waals surface area contributed by atoms with Gasteiger partial charge in [0.05, 0.1) is 12.2 Å². The van der Waals surface area contributed by atoms with Crippen LogP contribution in [0.3, 0.4) is 0 Å². The lowest BCUT2D eigenvalue weighted by Gasteiger charge is -2.27. The highest BCUT2D eigenvalue weighted by Gasteiger charge is 2.16. The highest BCUT2D eigenvalue weighted by Crippen LogP contribution is 2.21. The zero-order chi connectivity index (χ0) is 14.4. The van der Waals surface area contributed by atoms with E-state index in [9.17, 15) is 4.79 Å². The Hall–Kier alpha value is -0.620. The number of amides is 1. The van der Waals surface area contributed by atoms with Crippen LogP contribution in [0.25, 0.3) is 0 Å². The minimum absolute atomic E-state index is 0. The Kier molecular flexibility index (Phi) is 8.26. The number of piperidine rings is 1. The number of benzene rings is 1. The third-order valence-corrected chi connectivity index (χ3v) is 4.22. The first-order chi connectivity index (χ1) is 9.65. The summed E-state index contributed by atoms with van der Waals surface area (Å²) in [5, 5.41) is 6.34. The molecule has 0 saturated carbocycles. The molecule has 1 saturated heterocycles. The van der Waals surface area contributed by atoms with Crippen molar-refractivity contribution in [2.75, 3.05) is 38.5 Å².